The maximum absolute atomic E-state index is 11.3. The van der Waals surface area contributed by atoms with Crippen LogP contribution in [0.1, 0.15) is 26.5 Å². The van der Waals surface area contributed by atoms with Crippen LogP contribution >= 0.6 is 0 Å². The van der Waals surface area contributed by atoms with Crippen LogP contribution in [0.15, 0.2) is 18.6 Å². The van der Waals surface area contributed by atoms with Gasteiger partial charge < -0.3 is 10.3 Å². The second-order valence-corrected chi connectivity index (χ2v) is 4.08. The quantitative estimate of drug-likeness (QED) is 0.696. The molecule has 1 aromatic rings. The molecule has 2 N–H and O–H groups in total. The summed E-state index contributed by atoms with van der Waals surface area (Å²) in [6.07, 6.45) is 6.40. The Morgan fingerprint density at radius 2 is 2.29 bits per heavy atom. The highest BCUT2D eigenvalue weighted by Gasteiger charge is 2.10. The largest absolute Gasteiger partial charge is 0.348 e. The Morgan fingerprint density at radius 3 is 2.79 bits per heavy atom. The lowest BCUT2D eigenvalue weighted by Crippen LogP contribution is -2.39. The number of rotatable bonds is 2. The van der Waals surface area contributed by atoms with Crippen LogP contribution in [-0.2, 0) is 4.79 Å². The Kier molecular flexibility index (Phi) is 3.06. The average molecular weight is 193 g/mol. The molecule has 0 atom stereocenters. The zero-order valence-electron chi connectivity index (χ0n) is 8.66. The van der Waals surface area contributed by atoms with E-state index >= 15 is 0 Å². The van der Waals surface area contributed by atoms with E-state index in [1.54, 1.807) is 18.6 Å². The molecule has 76 valence electrons. The first kappa shape index (κ1) is 10.5. The molecule has 0 spiro atoms. The number of nitrogens with zero attached hydrogens (tertiary/aromatic N) is 1. The fraction of sp³-hybridized carbons (Fsp3) is 0.400. The standard InChI is InChI=1S/C10H15N3O/c1-10(2,3)13-9(14)5-4-8-6-11-7-12-8/h4-7H,1-3H3,(H,11,12)(H,13,14)/b5-4+. The Balaban J connectivity index is 2.49. The molecule has 0 aliphatic heterocycles. The summed E-state index contributed by atoms with van der Waals surface area (Å²) in [7, 11) is 0. The number of hydrogen-bond donors (Lipinski definition) is 2. The third-order valence-corrected chi connectivity index (χ3v) is 1.43. The molecule has 14 heavy (non-hydrogen) atoms. The van der Waals surface area contributed by atoms with Crippen LogP contribution in [0.5, 0.6) is 0 Å². The minimum Gasteiger partial charge on any atom is -0.348 e. The lowest BCUT2D eigenvalue weighted by Gasteiger charge is -2.18. The number of carbonyl (C=O) groups is 1. The summed E-state index contributed by atoms with van der Waals surface area (Å²) in [6.45, 7) is 5.82. The summed E-state index contributed by atoms with van der Waals surface area (Å²) in [4.78, 5) is 18.0. The SMILES string of the molecule is CC(C)(C)NC(=O)/C=C/c1cnc[nH]1. The van der Waals surface area contributed by atoms with Gasteiger partial charge in [0.05, 0.1) is 18.2 Å². The molecule has 4 heteroatoms. The van der Waals surface area contributed by atoms with Crippen LogP contribution in [0.3, 0.4) is 0 Å². The molecule has 4 nitrogen and oxygen atoms in total. The Bertz CT molecular complexity index is 320. The first-order chi connectivity index (χ1) is 6.47. The van der Waals surface area contributed by atoms with Crippen LogP contribution in [0.2, 0.25) is 0 Å². The second-order valence-electron chi connectivity index (χ2n) is 4.08. The van der Waals surface area contributed by atoms with Gasteiger partial charge in [0.25, 0.3) is 0 Å². The van der Waals surface area contributed by atoms with Gasteiger partial charge in [-0.1, -0.05) is 0 Å². The zero-order valence-corrected chi connectivity index (χ0v) is 8.66. The molecule has 0 aliphatic carbocycles. The van der Waals surface area contributed by atoms with Gasteiger partial charge in [-0.05, 0) is 26.8 Å². The number of H-pyrrole nitrogens is 1. The molecular weight excluding hydrogens is 178 g/mol. The average Bonchev–Trinajstić information content (AvgIpc) is 2.49. The van der Waals surface area contributed by atoms with E-state index in [1.165, 1.54) is 6.08 Å². The maximum atomic E-state index is 11.3. The number of carbonyl (C=O) groups excluding carboxylic acids is 1. The molecular formula is C10H15N3O. The van der Waals surface area contributed by atoms with E-state index in [-0.39, 0.29) is 11.4 Å². The maximum Gasteiger partial charge on any atom is 0.244 e. The summed E-state index contributed by atoms with van der Waals surface area (Å²) in [5.74, 6) is -0.105. The van der Waals surface area contributed by atoms with Crippen molar-refractivity contribution in [3.05, 3.63) is 24.3 Å². The van der Waals surface area contributed by atoms with Gasteiger partial charge in [0.1, 0.15) is 0 Å². The van der Waals surface area contributed by atoms with Crippen LogP contribution in [0.25, 0.3) is 6.08 Å². The zero-order chi connectivity index (χ0) is 10.6. The molecule has 0 saturated heterocycles. The number of hydrogen-bond acceptors (Lipinski definition) is 2. The number of imidazole rings is 1. The van der Waals surface area contributed by atoms with Crippen molar-refractivity contribution in [1.29, 1.82) is 0 Å². The molecule has 0 aromatic carbocycles. The number of nitrogens with one attached hydrogen (secondary N) is 2. The molecule has 1 aromatic heterocycles. The van der Waals surface area contributed by atoms with Gasteiger partial charge in [0.2, 0.25) is 5.91 Å². The van der Waals surface area contributed by atoms with E-state index < -0.39 is 0 Å². The first-order valence-corrected chi connectivity index (χ1v) is 4.46. The van der Waals surface area contributed by atoms with Crippen molar-refractivity contribution in [2.45, 2.75) is 26.3 Å². The van der Waals surface area contributed by atoms with Crippen molar-refractivity contribution in [2.75, 3.05) is 0 Å². The normalized spacial score (nSPS) is 11.9. The van der Waals surface area contributed by atoms with Crippen molar-refractivity contribution in [3.8, 4) is 0 Å². The van der Waals surface area contributed by atoms with Crippen LogP contribution in [0.4, 0.5) is 0 Å². The molecule has 0 aliphatic rings. The number of amides is 1. The van der Waals surface area contributed by atoms with E-state index in [0.717, 1.165) is 5.69 Å². The molecule has 1 heterocycles. The minimum atomic E-state index is -0.199. The van der Waals surface area contributed by atoms with Gasteiger partial charge in [0.15, 0.2) is 0 Å². The summed E-state index contributed by atoms with van der Waals surface area (Å²) >= 11 is 0. The van der Waals surface area contributed by atoms with E-state index in [1.807, 2.05) is 20.8 Å². The molecule has 0 unspecified atom stereocenters. The van der Waals surface area contributed by atoms with E-state index in [4.69, 9.17) is 0 Å². The first-order valence-electron chi connectivity index (χ1n) is 4.46. The topological polar surface area (TPSA) is 57.8 Å². The van der Waals surface area contributed by atoms with Gasteiger partial charge in [-0.2, -0.15) is 0 Å². The minimum absolute atomic E-state index is 0.105. The summed E-state index contributed by atoms with van der Waals surface area (Å²) < 4.78 is 0. The lowest BCUT2D eigenvalue weighted by atomic mass is 10.1. The highest BCUT2D eigenvalue weighted by atomic mass is 16.1. The third-order valence-electron chi connectivity index (χ3n) is 1.43. The summed E-state index contributed by atoms with van der Waals surface area (Å²) in [5.41, 5.74) is 0.615. The molecule has 1 rings (SSSR count). The Labute approximate surface area is 83.4 Å². The van der Waals surface area contributed by atoms with Gasteiger partial charge in [0, 0.05) is 11.6 Å². The van der Waals surface area contributed by atoms with Gasteiger partial charge in [-0.25, -0.2) is 4.98 Å². The van der Waals surface area contributed by atoms with Crippen molar-refractivity contribution >= 4 is 12.0 Å². The number of aromatic amines is 1. The highest BCUT2D eigenvalue weighted by molar-refractivity contribution is 5.91. The van der Waals surface area contributed by atoms with Crippen molar-refractivity contribution < 1.29 is 4.79 Å². The Hall–Kier alpha value is -1.58. The molecule has 0 bridgehead atoms. The fourth-order valence-corrected chi connectivity index (χ4v) is 0.935. The van der Waals surface area contributed by atoms with Crippen LogP contribution in [0, 0.1) is 0 Å². The summed E-state index contributed by atoms with van der Waals surface area (Å²) in [6, 6.07) is 0. The monoisotopic (exact) mass is 193 g/mol. The van der Waals surface area contributed by atoms with Gasteiger partial charge in [-0.15, -0.1) is 0 Å². The smallest absolute Gasteiger partial charge is 0.244 e. The number of aromatic nitrogens is 2. The van der Waals surface area contributed by atoms with Gasteiger partial charge in [-0.3, -0.25) is 4.79 Å². The molecule has 0 fully saturated rings. The lowest BCUT2D eigenvalue weighted by molar-refractivity contribution is -0.117. The van der Waals surface area contributed by atoms with Crippen molar-refractivity contribution in [1.82, 2.24) is 15.3 Å². The Morgan fingerprint density at radius 1 is 1.57 bits per heavy atom. The predicted molar refractivity (Wildman–Crippen MR) is 55.5 cm³/mol. The molecule has 0 radical (unpaired) electrons. The molecule has 0 saturated carbocycles. The summed E-state index contributed by atoms with van der Waals surface area (Å²) in [5, 5.41) is 2.82. The van der Waals surface area contributed by atoms with E-state index in [2.05, 4.69) is 15.3 Å². The van der Waals surface area contributed by atoms with Crippen LogP contribution in [-0.4, -0.2) is 21.4 Å². The van der Waals surface area contributed by atoms with Crippen molar-refractivity contribution in [2.24, 2.45) is 0 Å². The third kappa shape index (κ3) is 3.89. The fourth-order valence-electron chi connectivity index (χ4n) is 0.935. The molecule has 1 amide bonds. The van der Waals surface area contributed by atoms with Crippen molar-refractivity contribution in [3.63, 3.8) is 0 Å². The van der Waals surface area contributed by atoms with E-state index in [9.17, 15) is 4.79 Å². The predicted octanol–water partition coefficient (Wildman–Crippen LogP) is 1.34. The second kappa shape index (κ2) is 4.09. The van der Waals surface area contributed by atoms with Crippen LogP contribution < -0.4 is 5.32 Å². The van der Waals surface area contributed by atoms with E-state index in [0.29, 0.717) is 0 Å². The van der Waals surface area contributed by atoms with Gasteiger partial charge >= 0.3 is 0 Å². The highest BCUT2D eigenvalue weighted by Crippen LogP contribution is 1.99.